The third-order valence-electron chi connectivity index (χ3n) is 4.43. The number of hydrogen-bond acceptors (Lipinski definition) is 6. The Morgan fingerprint density at radius 1 is 1.20 bits per heavy atom. The van der Waals surface area contributed by atoms with E-state index in [-0.39, 0.29) is 0 Å². The lowest BCUT2D eigenvalue weighted by atomic mass is 9.79. The minimum Gasteiger partial charge on any atom is -0.363 e. The number of nitrogens with one attached hydrogen (secondary N) is 1. The zero-order valence-corrected chi connectivity index (χ0v) is 14.3. The third kappa shape index (κ3) is 3.50. The number of anilines is 1. The molecular formula is C18H18ClN5O. The molecule has 0 unspecified atom stereocenters. The summed E-state index contributed by atoms with van der Waals surface area (Å²) in [5, 5.41) is 7.98. The summed E-state index contributed by atoms with van der Waals surface area (Å²) in [5.41, 5.74) is 8.46. The second kappa shape index (κ2) is 6.82. The third-order valence-corrected chi connectivity index (χ3v) is 4.76. The van der Waals surface area contributed by atoms with Crippen molar-refractivity contribution in [1.82, 2.24) is 15.1 Å². The topological polar surface area (TPSA) is 89.9 Å². The molecule has 4 rings (SSSR count). The van der Waals surface area contributed by atoms with E-state index in [1.807, 2.05) is 36.4 Å². The molecule has 0 saturated heterocycles. The van der Waals surface area contributed by atoms with E-state index in [9.17, 15) is 0 Å². The van der Waals surface area contributed by atoms with Gasteiger partial charge in [0.15, 0.2) is 5.76 Å². The van der Waals surface area contributed by atoms with Crippen LogP contribution in [-0.4, -0.2) is 21.2 Å². The molecule has 7 heteroatoms. The Morgan fingerprint density at radius 3 is 2.84 bits per heavy atom. The lowest BCUT2D eigenvalue weighted by Crippen LogP contribution is -2.35. The van der Waals surface area contributed by atoms with Gasteiger partial charge in [0.25, 0.3) is 0 Å². The van der Waals surface area contributed by atoms with E-state index in [0.717, 1.165) is 29.9 Å². The second-order valence-electron chi connectivity index (χ2n) is 6.27. The van der Waals surface area contributed by atoms with Crippen LogP contribution in [0.2, 0.25) is 5.02 Å². The van der Waals surface area contributed by atoms with Gasteiger partial charge < -0.3 is 15.6 Å². The van der Waals surface area contributed by atoms with Gasteiger partial charge in [-0.25, -0.2) is 9.97 Å². The molecule has 1 fully saturated rings. The Labute approximate surface area is 150 Å². The van der Waals surface area contributed by atoms with Crippen molar-refractivity contribution in [1.29, 1.82) is 0 Å². The highest BCUT2D eigenvalue weighted by Crippen LogP contribution is 2.35. The zero-order chi connectivity index (χ0) is 17.2. The van der Waals surface area contributed by atoms with Crippen molar-refractivity contribution in [2.45, 2.75) is 31.3 Å². The van der Waals surface area contributed by atoms with Gasteiger partial charge in [0.1, 0.15) is 17.8 Å². The van der Waals surface area contributed by atoms with E-state index < -0.39 is 0 Å². The van der Waals surface area contributed by atoms with Gasteiger partial charge in [0, 0.05) is 35.3 Å². The van der Waals surface area contributed by atoms with Crippen LogP contribution in [0, 0.1) is 0 Å². The number of rotatable bonds is 5. The van der Waals surface area contributed by atoms with Crippen LogP contribution in [-0.2, 0) is 6.54 Å². The van der Waals surface area contributed by atoms with Gasteiger partial charge >= 0.3 is 0 Å². The van der Waals surface area contributed by atoms with Gasteiger partial charge in [0.05, 0.1) is 11.6 Å². The van der Waals surface area contributed by atoms with E-state index in [2.05, 4.69) is 20.4 Å². The Bertz CT molecular complexity index is 875. The SMILES string of the molecule is NC1CC(c2cc(NCc3cc(-c4ccccc4Cl)no3)ncn2)C1. The lowest BCUT2D eigenvalue weighted by Gasteiger charge is -2.31. The molecule has 3 N–H and O–H groups in total. The van der Waals surface area contributed by atoms with Crippen LogP contribution in [0.15, 0.2) is 47.2 Å². The molecule has 3 aromatic rings. The highest BCUT2D eigenvalue weighted by molar-refractivity contribution is 6.33. The van der Waals surface area contributed by atoms with E-state index in [1.54, 1.807) is 6.33 Å². The van der Waals surface area contributed by atoms with Crippen LogP contribution in [0.5, 0.6) is 0 Å². The van der Waals surface area contributed by atoms with Crippen LogP contribution in [0.3, 0.4) is 0 Å². The van der Waals surface area contributed by atoms with Crippen LogP contribution < -0.4 is 11.1 Å². The molecular weight excluding hydrogens is 338 g/mol. The molecule has 1 aliphatic rings. The van der Waals surface area contributed by atoms with Crippen molar-refractivity contribution in [2.75, 3.05) is 5.32 Å². The summed E-state index contributed by atoms with van der Waals surface area (Å²) in [5.74, 6) is 1.91. The van der Waals surface area contributed by atoms with Gasteiger partial charge in [0.2, 0.25) is 0 Å². The molecule has 0 atom stereocenters. The molecule has 0 spiro atoms. The Hall–Kier alpha value is -2.44. The van der Waals surface area contributed by atoms with Crippen molar-refractivity contribution in [3.05, 3.63) is 59.2 Å². The van der Waals surface area contributed by atoms with Crippen LogP contribution in [0.4, 0.5) is 5.82 Å². The summed E-state index contributed by atoms with van der Waals surface area (Å²) >= 11 is 6.19. The Morgan fingerprint density at radius 2 is 2.04 bits per heavy atom. The molecule has 25 heavy (non-hydrogen) atoms. The summed E-state index contributed by atoms with van der Waals surface area (Å²) in [6.07, 6.45) is 3.55. The average molecular weight is 356 g/mol. The highest BCUT2D eigenvalue weighted by atomic mass is 35.5. The van der Waals surface area contributed by atoms with Crippen molar-refractivity contribution in [3.63, 3.8) is 0 Å². The lowest BCUT2D eigenvalue weighted by molar-refractivity contribution is 0.345. The van der Waals surface area contributed by atoms with Gasteiger partial charge in [-0.05, 0) is 18.9 Å². The molecule has 1 saturated carbocycles. The van der Waals surface area contributed by atoms with Gasteiger partial charge in [-0.1, -0.05) is 35.0 Å². The number of nitrogens with zero attached hydrogens (tertiary/aromatic N) is 3. The van der Waals surface area contributed by atoms with Crippen LogP contribution in [0.1, 0.15) is 30.2 Å². The monoisotopic (exact) mass is 355 g/mol. The predicted octanol–water partition coefficient (Wildman–Crippen LogP) is 3.60. The summed E-state index contributed by atoms with van der Waals surface area (Å²) in [6.45, 7) is 0.484. The van der Waals surface area contributed by atoms with Gasteiger partial charge in [-0.15, -0.1) is 0 Å². The fraction of sp³-hybridized carbons (Fsp3) is 0.278. The molecule has 1 aromatic carbocycles. The first-order valence-corrected chi connectivity index (χ1v) is 8.59. The minimum absolute atomic E-state index is 0.300. The molecule has 0 amide bonds. The smallest absolute Gasteiger partial charge is 0.156 e. The average Bonchev–Trinajstić information content (AvgIpc) is 3.07. The molecule has 1 aliphatic carbocycles. The standard InChI is InChI=1S/C18H18ClN5O/c19-15-4-2-1-3-14(15)17-7-13(25-24-17)9-21-18-8-16(22-10-23-18)11-5-12(20)6-11/h1-4,7-8,10-12H,5-6,9,20H2,(H,21,22,23). The summed E-state index contributed by atoms with van der Waals surface area (Å²) < 4.78 is 5.39. The van der Waals surface area contributed by atoms with Crippen molar-refractivity contribution >= 4 is 17.4 Å². The summed E-state index contributed by atoms with van der Waals surface area (Å²) in [7, 11) is 0. The zero-order valence-electron chi connectivity index (χ0n) is 13.5. The first-order valence-electron chi connectivity index (χ1n) is 8.21. The van der Waals surface area contributed by atoms with Crippen molar-refractivity contribution in [3.8, 4) is 11.3 Å². The number of hydrogen-bond donors (Lipinski definition) is 2. The molecule has 2 heterocycles. The van der Waals surface area contributed by atoms with Gasteiger partial charge in [-0.2, -0.15) is 0 Å². The largest absolute Gasteiger partial charge is 0.363 e. The predicted molar refractivity (Wildman–Crippen MR) is 96.3 cm³/mol. The van der Waals surface area contributed by atoms with E-state index >= 15 is 0 Å². The number of aromatic nitrogens is 3. The van der Waals surface area contributed by atoms with Gasteiger partial charge in [-0.3, -0.25) is 0 Å². The molecule has 6 nitrogen and oxygen atoms in total. The maximum Gasteiger partial charge on any atom is 0.156 e. The number of nitrogens with two attached hydrogens (primary N) is 1. The Kier molecular flexibility index (Phi) is 4.38. The van der Waals surface area contributed by atoms with E-state index in [0.29, 0.717) is 35.0 Å². The summed E-state index contributed by atoms with van der Waals surface area (Å²) in [4.78, 5) is 8.60. The molecule has 0 radical (unpaired) electrons. The van der Waals surface area contributed by atoms with Crippen LogP contribution in [0.25, 0.3) is 11.3 Å². The fourth-order valence-corrected chi connectivity index (χ4v) is 3.20. The second-order valence-corrected chi connectivity index (χ2v) is 6.68. The summed E-state index contributed by atoms with van der Waals surface area (Å²) in [6, 6.07) is 11.7. The number of benzene rings is 1. The van der Waals surface area contributed by atoms with E-state index in [4.69, 9.17) is 21.9 Å². The molecule has 2 aromatic heterocycles. The number of halogens is 1. The van der Waals surface area contributed by atoms with Crippen molar-refractivity contribution in [2.24, 2.45) is 5.73 Å². The van der Waals surface area contributed by atoms with Crippen molar-refractivity contribution < 1.29 is 4.52 Å². The first-order chi connectivity index (χ1) is 12.2. The van der Waals surface area contributed by atoms with Crippen LogP contribution >= 0.6 is 11.6 Å². The highest BCUT2D eigenvalue weighted by Gasteiger charge is 2.28. The normalized spacial score (nSPS) is 19.4. The van der Waals surface area contributed by atoms with E-state index in [1.165, 1.54) is 0 Å². The minimum atomic E-state index is 0.300. The fourth-order valence-electron chi connectivity index (χ4n) is 2.97. The maximum atomic E-state index is 6.19. The molecule has 128 valence electrons. The maximum absolute atomic E-state index is 6.19. The molecule has 0 bridgehead atoms. The quantitative estimate of drug-likeness (QED) is 0.726. The Balaban J connectivity index is 1.42. The first kappa shape index (κ1) is 16.1. The molecule has 0 aliphatic heterocycles.